The monoisotopic (exact) mass is 317 g/mol. The third kappa shape index (κ3) is 4.22. The van der Waals surface area contributed by atoms with Crippen LogP contribution in [0.4, 0.5) is 10.5 Å². The molecule has 0 aliphatic carbocycles. The molecule has 2 rings (SSSR count). The lowest BCUT2D eigenvalue weighted by molar-refractivity contribution is 0.0604. The molecule has 6 N–H and O–H groups in total. The summed E-state index contributed by atoms with van der Waals surface area (Å²) in [4.78, 5) is 30.0. The molecule has 122 valence electrons. The Bertz CT molecular complexity index is 786. The summed E-state index contributed by atoms with van der Waals surface area (Å²) in [5.41, 5.74) is 12.1. The maximum atomic E-state index is 12.1. The van der Waals surface area contributed by atoms with E-state index < -0.39 is 17.6 Å². The molecule has 23 heavy (non-hydrogen) atoms. The second kappa shape index (κ2) is 5.99. The number of nitrogen functional groups attached to an aromatic ring is 1. The predicted molar refractivity (Wildman–Crippen MR) is 88.0 cm³/mol. The van der Waals surface area contributed by atoms with Gasteiger partial charge in [-0.15, -0.1) is 4.99 Å². The quantitative estimate of drug-likeness (QED) is 0.361. The van der Waals surface area contributed by atoms with E-state index in [1.165, 1.54) is 0 Å². The van der Waals surface area contributed by atoms with E-state index in [1.54, 1.807) is 39.0 Å². The van der Waals surface area contributed by atoms with E-state index in [0.717, 1.165) is 5.39 Å². The number of benzene rings is 1. The van der Waals surface area contributed by atoms with Crippen molar-refractivity contribution in [3.05, 3.63) is 30.0 Å². The van der Waals surface area contributed by atoms with Gasteiger partial charge >= 0.3 is 6.09 Å². The van der Waals surface area contributed by atoms with Crippen LogP contribution in [0.1, 0.15) is 31.3 Å². The molecule has 0 aliphatic rings. The number of ether oxygens (including phenoxy) is 1. The number of rotatable bonds is 1. The van der Waals surface area contributed by atoms with E-state index in [0.29, 0.717) is 11.2 Å². The zero-order valence-corrected chi connectivity index (χ0v) is 13.1. The van der Waals surface area contributed by atoms with Gasteiger partial charge in [0.05, 0.1) is 11.2 Å². The first-order chi connectivity index (χ1) is 10.7. The Morgan fingerprint density at radius 3 is 2.61 bits per heavy atom. The number of nitrogens with two attached hydrogens (primary N) is 2. The SMILES string of the molecule is CC(C)(C)OC(=O)/N=C(\N)NC(=O)c1cc2cccc(N)c2[nH]1. The number of guanidine groups is 1. The standard InChI is InChI=1S/C15H19N5O3/c1-15(2,3)23-14(22)20-13(17)19-12(21)10-7-8-5-4-6-9(16)11(8)18-10/h4-7,18H,16H2,1-3H3,(H3,17,19,20,21,22). The van der Waals surface area contributed by atoms with Crippen molar-refractivity contribution in [1.82, 2.24) is 10.3 Å². The number of H-pyrrole nitrogens is 1. The van der Waals surface area contributed by atoms with Crippen LogP contribution < -0.4 is 16.8 Å². The number of aromatic amines is 1. The minimum atomic E-state index is -0.879. The number of hydrogen-bond acceptors (Lipinski definition) is 4. The number of amides is 2. The molecule has 0 aliphatic heterocycles. The highest BCUT2D eigenvalue weighted by molar-refractivity contribution is 6.08. The number of aromatic nitrogens is 1. The summed E-state index contributed by atoms with van der Waals surface area (Å²) in [6.45, 7) is 5.10. The molecular weight excluding hydrogens is 298 g/mol. The number of fused-ring (bicyclic) bond motifs is 1. The lowest BCUT2D eigenvalue weighted by Gasteiger charge is -2.17. The zero-order valence-electron chi connectivity index (χ0n) is 13.1. The number of nitrogens with zero attached hydrogens (tertiary/aromatic N) is 1. The Kier molecular flexibility index (Phi) is 4.26. The number of aliphatic imine (C=N–C) groups is 1. The van der Waals surface area contributed by atoms with Crippen LogP contribution in [0.15, 0.2) is 29.3 Å². The molecule has 0 fully saturated rings. The third-order valence-electron chi connectivity index (χ3n) is 2.78. The average molecular weight is 317 g/mol. The van der Waals surface area contributed by atoms with Crippen molar-refractivity contribution in [2.24, 2.45) is 10.7 Å². The summed E-state index contributed by atoms with van der Waals surface area (Å²) >= 11 is 0. The van der Waals surface area contributed by atoms with Crippen molar-refractivity contribution in [3.8, 4) is 0 Å². The second-order valence-corrected chi connectivity index (χ2v) is 5.93. The predicted octanol–water partition coefficient (Wildman–Crippen LogP) is 1.73. The summed E-state index contributed by atoms with van der Waals surface area (Å²) in [6.07, 6.45) is -0.879. The van der Waals surface area contributed by atoms with Gasteiger partial charge < -0.3 is 21.2 Å². The topological polar surface area (TPSA) is 136 Å². The summed E-state index contributed by atoms with van der Waals surface area (Å²) in [5, 5.41) is 3.10. The number of nitrogens with one attached hydrogen (secondary N) is 2. The van der Waals surface area contributed by atoms with Gasteiger partial charge in [-0.2, -0.15) is 0 Å². The number of anilines is 1. The highest BCUT2D eigenvalue weighted by Gasteiger charge is 2.17. The highest BCUT2D eigenvalue weighted by Crippen LogP contribution is 2.20. The summed E-state index contributed by atoms with van der Waals surface area (Å²) in [5.74, 6) is -0.888. The molecule has 1 aromatic heterocycles. The van der Waals surface area contributed by atoms with Crippen LogP contribution in [0.2, 0.25) is 0 Å². The van der Waals surface area contributed by atoms with Crippen LogP contribution >= 0.6 is 0 Å². The number of hydrogen-bond donors (Lipinski definition) is 4. The van der Waals surface area contributed by atoms with Gasteiger partial charge in [0.2, 0.25) is 5.96 Å². The molecule has 0 saturated heterocycles. The molecule has 1 aromatic carbocycles. The molecule has 8 nitrogen and oxygen atoms in total. The molecule has 8 heteroatoms. The molecule has 0 spiro atoms. The molecule has 1 heterocycles. The second-order valence-electron chi connectivity index (χ2n) is 5.93. The molecule has 0 bridgehead atoms. The zero-order chi connectivity index (χ0) is 17.2. The van der Waals surface area contributed by atoms with E-state index in [2.05, 4.69) is 15.3 Å². The Hall–Kier alpha value is -3.03. The van der Waals surface area contributed by atoms with E-state index in [-0.39, 0.29) is 11.7 Å². The summed E-state index contributed by atoms with van der Waals surface area (Å²) < 4.78 is 4.98. The van der Waals surface area contributed by atoms with E-state index in [1.807, 2.05) is 6.07 Å². The maximum Gasteiger partial charge on any atom is 0.437 e. The van der Waals surface area contributed by atoms with Crippen molar-refractivity contribution in [2.45, 2.75) is 26.4 Å². The van der Waals surface area contributed by atoms with Gasteiger partial charge in [-0.1, -0.05) is 12.1 Å². The van der Waals surface area contributed by atoms with Gasteiger partial charge in [0.1, 0.15) is 11.3 Å². The van der Waals surface area contributed by atoms with Crippen LogP contribution in [-0.4, -0.2) is 28.5 Å². The smallest absolute Gasteiger partial charge is 0.437 e. The van der Waals surface area contributed by atoms with Gasteiger partial charge in [-0.25, -0.2) is 4.79 Å². The van der Waals surface area contributed by atoms with Gasteiger partial charge in [-0.3, -0.25) is 10.1 Å². The highest BCUT2D eigenvalue weighted by atomic mass is 16.6. The number of carbonyl (C=O) groups is 2. The summed E-state index contributed by atoms with van der Waals surface area (Å²) in [7, 11) is 0. The van der Waals surface area contributed by atoms with Crippen LogP contribution in [0.5, 0.6) is 0 Å². The molecular formula is C15H19N5O3. The Balaban J connectivity index is 2.11. The largest absolute Gasteiger partial charge is 0.442 e. The molecule has 2 aromatic rings. The van der Waals surface area contributed by atoms with Crippen molar-refractivity contribution in [2.75, 3.05) is 5.73 Å². The van der Waals surface area contributed by atoms with Crippen molar-refractivity contribution < 1.29 is 14.3 Å². The minimum absolute atomic E-state index is 0.250. The lowest BCUT2D eigenvalue weighted by atomic mass is 10.2. The fourth-order valence-corrected chi connectivity index (χ4v) is 1.90. The molecule has 0 saturated carbocycles. The van der Waals surface area contributed by atoms with Gasteiger partial charge in [0.25, 0.3) is 5.91 Å². The number of carbonyl (C=O) groups excluding carboxylic acids is 2. The molecule has 2 amide bonds. The van der Waals surface area contributed by atoms with Gasteiger partial charge in [0.15, 0.2) is 0 Å². The normalized spacial score (nSPS) is 12.2. The first-order valence-electron chi connectivity index (χ1n) is 6.91. The van der Waals surface area contributed by atoms with Gasteiger partial charge in [-0.05, 0) is 32.9 Å². The van der Waals surface area contributed by atoms with Crippen molar-refractivity contribution >= 4 is 34.6 Å². The van der Waals surface area contributed by atoms with E-state index >= 15 is 0 Å². The van der Waals surface area contributed by atoms with Crippen LogP contribution in [-0.2, 0) is 4.74 Å². The Morgan fingerprint density at radius 1 is 1.30 bits per heavy atom. The van der Waals surface area contributed by atoms with E-state index in [9.17, 15) is 9.59 Å². The van der Waals surface area contributed by atoms with E-state index in [4.69, 9.17) is 16.2 Å². The fourth-order valence-electron chi connectivity index (χ4n) is 1.90. The Labute approximate surface area is 132 Å². The van der Waals surface area contributed by atoms with Gasteiger partial charge in [0, 0.05) is 5.39 Å². The molecule has 0 unspecified atom stereocenters. The van der Waals surface area contributed by atoms with Crippen LogP contribution in [0.3, 0.4) is 0 Å². The van der Waals surface area contributed by atoms with Crippen LogP contribution in [0.25, 0.3) is 10.9 Å². The third-order valence-corrected chi connectivity index (χ3v) is 2.78. The average Bonchev–Trinajstić information content (AvgIpc) is 2.81. The number of para-hydroxylation sites is 1. The Morgan fingerprint density at radius 2 is 2.00 bits per heavy atom. The van der Waals surface area contributed by atoms with Crippen molar-refractivity contribution in [3.63, 3.8) is 0 Å². The fraction of sp³-hybridized carbons (Fsp3) is 0.267. The lowest BCUT2D eigenvalue weighted by Crippen LogP contribution is -2.38. The minimum Gasteiger partial charge on any atom is -0.442 e. The first-order valence-corrected chi connectivity index (χ1v) is 6.91. The molecule has 0 atom stereocenters. The maximum absolute atomic E-state index is 12.1. The molecule has 0 radical (unpaired) electrons. The summed E-state index contributed by atoms with van der Waals surface area (Å²) in [6, 6.07) is 6.95. The van der Waals surface area contributed by atoms with Crippen molar-refractivity contribution in [1.29, 1.82) is 0 Å². The first kappa shape index (κ1) is 16.3. The van der Waals surface area contributed by atoms with Crippen LogP contribution in [0, 0.1) is 0 Å².